The smallest absolute Gasteiger partial charge is 0.396 e. The largest absolute Gasteiger partial charge is 0.433 e. The van der Waals surface area contributed by atoms with E-state index in [4.69, 9.17) is 10.5 Å². The fraction of sp³-hybridized carbons (Fsp3) is 0.583. The van der Waals surface area contributed by atoms with Crippen LogP contribution in [0.25, 0.3) is 0 Å². The molecule has 2 rings (SSSR count). The number of nitrogens with zero attached hydrogens (tertiary/aromatic N) is 2. The molecule has 1 saturated heterocycles. The third kappa shape index (κ3) is 3.09. The van der Waals surface area contributed by atoms with Gasteiger partial charge in [-0.15, -0.1) is 0 Å². The van der Waals surface area contributed by atoms with E-state index in [9.17, 15) is 13.2 Å². The Labute approximate surface area is 109 Å². The van der Waals surface area contributed by atoms with E-state index in [1.54, 1.807) is 0 Å². The summed E-state index contributed by atoms with van der Waals surface area (Å²) in [6.07, 6.45) is -2.56. The SMILES string of the molecule is CCC1CN(c2cc(C(F)(F)F)ncc2N)CCO1. The third-order valence-corrected chi connectivity index (χ3v) is 3.14. The molecular weight excluding hydrogens is 259 g/mol. The lowest BCUT2D eigenvalue weighted by Gasteiger charge is -2.34. The van der Waals surface area contributed by atoms with Gasteiger partial charge in [0.2, 0.25) is 0 Å². The Hall–Kier alpha value is -1.50. The molecule has 1 aliphatic rings. The summed E-state index contributed by atoms with van der Waals surface area (Å²) in [5, 5.41) is 0. The zero-order chi connectivity index (χ0) is 14.0. The maximum absolute atomic E-state index is 12.7. The average molecular weight is 275 g/mol. The summed E-state index contributed by atoms with van der Waals surface area (Å²) in [6, 6.07) is 1.01. The molecule has 0 saturated carbocycles. The summed E-state index contributed by atoms with van der Waals surface area (Å²) in [5.41, 5.74) is 5.45. The molecule has 0 radical (unpaired) electrons. The van der Waals surface area contributed by atoms with Crippen LogP contribution in [-0.4, -0.2) is 30.8 Å². The van der Waals surface area contributed by atoms with E-state index in [-0.39, 0.29) is 11.8 Å². The van der Waals surface area contributed by atoms with Crippen LogP contribution >= 0.6 is 0 Å². The Morgan fingerprint density at radius 1 is 1.53 bits per heavy atom. The van der Waals surface area contributed by atoms with Crippen LogP contribution in [0.1, 0.15) is 19.0 Å². The van der Waals surface area contributed by atoms with Crippen molar-refractivity contribution in [2.75, 3.05) is 30.3 Å². The van der Waals surface area contributed by atoms with Gasteiger partial charge in [-0.05, 0) is 12.5 Å². The molecule has 0 amide bonds. The molecule has 2 heterocycles. The van der Waals surface area contributed by atoms with Crippen LogP contribution in [0.5, 0.6) is 0 Å². The highest BCUT2D eigenvalue weighted by atomic mass is 19.4. The number of hydrogen-bond donors (Lipinski definition) is 1. The van der Waals surface area contributed by atoms with E-state index < -0.39 is 11.9 Å². The van der Waals surface area contributed by atoms with Crippen LogP contribution < -0.4 is 10.6 Å². The Morgan fingerprint density at radius 3 is 2.89 bits per heavy atom. The first kappa shape index (κ1) is 13.9. The lowest BCUT2D eigenvalue weighted by Crippen LogP contribution is -2.42. The number of ether oxygens (including phenoxy) is 1. The predicted octanol–water partition coefficient (Wildman–Crippen LogP) is 2.30. The van der Waals surface area contributed by atoms with Gasteiger partial charge in [0, 0.05) is 13.1 Å². The standard InChI is InChI=1S/C12H16F3N3O/c1-2-8-7-18(3-4-19-8)10-5-11(12(13,14)15)17-6-9(10)16/h5-6,8H,2-4,7,16H2,1H3. The molecule has 2 N–H and O–H groups in total. The van der Waals surface area contributed by atoms with Crippen LogP contribution in [0.3, 0.4) is 0 Å². The number of hydrogen-bond acceptors (Lipinski definition) is 4. The first-order chi connectivity index (χ1) is 8.91. The summed E-state index contributed by atoms with van der Waals surface area (Å²) >= 11 is 0. The van der Waals surface area contributed by atoms with Crippen LogP contribution in [0, 0.1) is 0 Å². The number of alkyl halides is 3. The molecule has 4 nitrogen and oxygen atoms in total. The maximum Gasteiger partial charge on any atom is 0.433 e. The summed E-state index contributed by atoms with van der Waals surface area (Å²) in [7, 11) is 0. The van der Waals surface area contributed by atoms with Crippen LogP contribution in [-0.2, 0) is 10.9 Å². The number of nitrogens with two attached hydrogens (primary N) is 1. The summed E-state index contributed by atoms with van der Waals surface area (Å²) < 4.78 is 43.5. The lowest BCUT2D eigenvalue weighted by atomic mass is 10.2. The molecule has 0 spiro atoms. The number of rotatable bonds is 2. The predicted molar refractivity (Wildman–Crippen MR) is 65.9 cm³/mol. The second kappa shape index (κ2) is 5.24. The van der Waals surface area contributed by atoms with Gasteiger partial charge in [0.05, 0.1) is 30.3 Å². The van der Waals surface area contributed by atoms with Gasteiger partial charge in [0.25, 0.3) is 0 Å². The molecule has 1 aromatic heterocycles. The number of halogens is 3. The Morgan fingerprint density at radius 2 is 2.26 bits per heavy atom. The van der Waals surface area contributed by atoms with Crippen molar-refractivity contribution < 1.29 is 17.9 Å². The van der Waals surface area contributed by atoms with E-state index in [0.29, 0.717) is 25.4 Å². The summed E-state index contributed by atoms with van der Waals surface area (Å²) in [4.78, 5) is 5.16. The zero-order valence-corrected chi connectivity index (χ0v) is 10.6. The van der Waals surface area contributed by atoms with Gasteiger partial charge < -0.3 is 15.4 Å². The van der Waals surface area contributed by atoms with E-state index in [0.717, 1.165) is 18.7 Å². The molecule has 1 fully saturated rings. The van der Waals surface area contributed by atoms with Gasteiger partial charge in [-0.1, -0.05) is 6.92 Å². The third-order valence-electron chi connectivity index (χ3n) is 3.14. The molecular formula is C12H16F3N3O. The molecule has 106 valence electrons. The average Bonchev–Trinajstić information content (AvgIpc) is 2.38. The van der Waals surface area contributed by atoms with Crippen molar-refractivity contribution in [1.29, 1.82) is 0 Å². The van der Waals surface area contributed by atoms with Crippen LogP contribution in [0.15, 0.2) is 12.3 Å². The van der Waals surface area contributed by atoms with Crippen molar-refractivity contribution in [2.24, 2.45) is 0 Å². The number of morpholine rings is 1. The Bertz CT molecular complexity index is 450. The van der Waals surface area contributed by atoms with Gasteiger partial charge in [0.15, 0.2) is 0 Å². The lowest BCUT2D eigenvalue weighted by molar-refractivity contribution is -0.141. The minimum absolute atomic E-state index is 0.0238. The van der Waals surface area contributed by atoms with Gasteiger partial charge in [0.1, 0.15) is 5.69 Å². The van der Waals surface area contributed by atoms with E-state index in [2.05, 4.69) is 4.98 Å². The van der Waals surface area contributed by atoms with Crippen molar-refractivity contribution in [2.45, 2.75) is 25.6 Å². The molecule has 1 unspecified atom stereocenters. The highest BCUT2D eigenvalue weighted by Crippen LogP contribution is 2.33. The molecule has 0 bridgehead atoms. The molecule has 0 aliphatic carbocycles. The zero-order valence-electron chi connectivity index (χ0n) is 10.6. The highest BCUT2D eigenvalue weighted by molar-refractivity contribution is 5.67. The molecule has 1 aliphatic heterocycles. The van der Waals surface area contributed by atoms with Crippen LogP contribution in [0.4, 0.5) is 24.5 Å². The van der Waals surface area contributed by atoms with Gasteiger partial charge in [-0.2, -0.15) is 13.2 Å². The van der Waals surface area contributed by atoms with E-state index >= 15 is 0 Å². The Balaban J connectivity index is 2.28. The molecule has 19 heavy (non-hydrogen) atoms. The minimum atomic E-state index is -4.46. The molecule has 1 atom stereocenters. The van der Waals surface area contributed by atoms with Crippen molar-refractivity contribution >= 4 is 11.4 Å². The number of nitrogen functional groups attached to an aromatic ring is 1. The number of pyridine rings is 1. The van der Waals surface area contributed by atoms with Crippen LogP contribution in [0.2, 0.25) is 0 Å². The van der Waals surface area contributed by atoms with E-state index in [1.807, 2.05) is 11.8 Å². The second-order valence-electron chi connectivity index (χ2n) is 4.47. The summed E-state index contributed by atoms with van der Waals surface area (Å²) in [5.74, 6) is 0. The normalized spacial score (nSPS) is 20.6. The van der Waals surface area contributed by atoms with Crippen molar-refractivity contribution in [1.82, 2.24) is 4.98 Å². The van der Waals surface area contributed by atoms with Crippen molar-refractivity contribution in [3.63, 3.8) is 0 Å². The minimum Gasteiger partial charge on any atom is -0.396 e. The van der Waals surface area contributed by atoms with E-state index in [1.165, 1.54) is 0 Å². The van der Waals surface area contributed by atoms with Gasteiger partial charge in [-0.25, -0.2) is 4.98 Å². The van der Waals surface area contributed by atoms with Crippen molar-refractivity contribution in [3.05, 3.63) is 18.0 Å². The highest BCUT2D eigenvalue weighted by Gasteiger charge is 2.34. The van der Waals surface area contributed by atoms with Gasteiger partial charge >= 0.3 is 6.18 Å². The fourth-order valence-corrected chi connectivity index (χ4v) is 2.07. The molecule has 1 aromatic rings. The Kier molecular flexibility index (Phi) is 3.84. The molecule has 0 aromatic carbocycles. The monoisotopic (exact) mass is 275 g/mol. The maximum atomic E-state index is 12.7. The fourth-order valence-electron chi connectivity index (χ4n) is 2.07. The first-order valence-electron chi connectivity index (χ1n) is 6.11. The topological polar surface area (TPSA) is 51.4 Å². The number of anilines is 2. The number of aromatic nitrogens is 1. The van der Waals surface area contributed by atoms with Gasteiger partial charge in [-0.3, -0.25) is 0 Å². The quantitative estimate of drug-likeness (QED) is 0.899. The first-order valence-corrected chi connectivity index (χ1v) is 6.11. The van der Waals surface area contributed by atoms with Crippen molar-refractivity contribution in [3.8, 4) is 0 Å². The molecule has 7 heteroatoms. The summed E-state index contributed by atoms with van der Waals surface area (Å²) in [6.45, 7) is 3.54. The second-order valence-corrected chi connectivity index (χ2v) is 4.47.